The Kier molecular flexibility index (Phi) is 8.27. The van der Waals surface area contributed by atoms with Gasteiger partial charge in [-0.2, -0.15) is 0 Å². The first-order chi connectivity index (χ1) is 15.2. The van der Waals surface area contributed by atoms with E-state index in [4.69, 9.17) is 19.2 Å². The van der Waals surface area contributed by atoms with Gasteiger partial charge >= 0.3 is 0 Å². The van der Waals surface area contributed by atoms with Crippen LogP contribution in [0.3, 0.4) is 0 Å². The molecule has 1 N–H and O–H groups in total. The van der Waals surface area contributed by atoms with Crippen LogP contribution in [0.15, 0.2) is 47.5 Å². The minimum atomic E-state index is 0.719. The lowest BCUT2D eigenvalue weighted by Crippen LogP contribution is -2.52. The van der Waals surface area contributed by atoms with E-state index in [1.165, 1.54) is 11.3 Å². The third-order valence-electron chi connectivity index (χ3n) is 5.46. The summed E-state index contributed by atoms with van der Waals surface area (Å²) in [5.74, 6) is 3.37. The molecule has 0 radical (unpaired) electrons. The zero-order valence-electron chi connectivity index (χ0n) is 19.1. The molecule has 0 aromatic heterocycles. The van der Waals surface area contributed by atoms with Gasteiger partial charge in [-0.05, 0) is 55.3 Å². The summed E-state index contributed by atoms with van der Waals surface area (Å²) in [7, 11) is 5.01. The van der Waals surface area contributed by atoms with Crippen LogP contribution < -0.4 is 24.4 Å². The Labute approximate surface area is 185 Å². The van der Waals surface area contributed by atoms with E-state index < -0.39 is 0 Å². The number of guanidine groups is 1. The van der Waals surface area contributed by atoms with Gasteiger partial charge in [-0.15, -0.1) is 0 Å². The van der Waals surface area contributed by atoms with Gasteiger partial charge < -0.3 is 29.3 Å². The quantitative estimate of drug-likeness (QED) is 0.517. The summed E-state index contributed by atoms with van der Waals surface area (Å²) in [4.78, 5) is 9.63. The highest BCUT2D eigenvalue weighted by Crippen LogP contribution is 2.27. The van der Waals surface area contributed by atoms with Crippen LogP contribution in [0, 0.1) is 0 Å². The summed E-state index contributed by atoms with van der Waals surface area (Å²) in [6.45, 7) is 7.49. The minimum Gasteiger partial charge on any atom is -0.497 e. The zero-order chi connectivity index (χ0) is 22.1. The number of nitrogens with zero attached hydrogens (tertiary/aromatic N) is 3. The third-order valence-corrected chi connectivity index (χ3v) is 5.46. The molecule has 2 aromatic rings. The number of benzene rings is 2. The van der Waals surface area contributed by atoms with Crippen LogP contribution in [0.4, 0.5) is 5.69 Å². The summed E-state index contributed by atoms with van der Waals surface area (Å²) in [5, 5.41) is 3.45. The molecule has 1 aliphatic heterocycles. The Morgan fingerprint density at radius 2 is 1.61 bits per heavy atom. The van der Waals surface area contributed by atoms with E-state index in [9.17, 15) is 0 Å². The fourth-order valence-electron chi connectivity index (χ4n) is 3.72. The first-order valence-corrected chi connectivity index (χ1v) is 10.8. The van der Waals surface area contributed by atoms with Crippen LogP contribution >= 0.6 is 0 Å². The fraction of sp³-hybridized carbons (Fsp3) is 0.458. The van der Waals surface area contributed by atoms with Gasteiger partial charge in [0.25, 0.3) is 0 Å². The van der Waals surface area contributed by atoms with Crippen LogP contribution in [-0.4, -0.2) is 71.5 Å². The van der Waals surface area contributed by atoms with E-state index in [0.717, 1.165) is 68.9 Å². The Bertz CT molecular complexity index is 846. The standard InChI is InChI=1S/C24H34N4O3/c1-5-25-24(26-13-12-19-6-11-22(30-3)23(18-19)31-4)28-16-14-27(15-17-28)20-7-9-21(29-2)10-8-20/h6-11,18H,5,12-17H2,1-4H3,(H,25,26). The molecule has 0 saturated carbocycles. The SMILES string of the molecule is CCNC(=NCCc1ccc(OC)c(OC)c1)N1CCN(c2ccc(OC)cc2)CC1. The summed E-state index contributed by atoms with van der Waals surface area (Å²) in [6, 6.07) is 14.3. The Morgan fingerprint density at radius 3 is 2.23 bits per heavy atom. The van der Waals surface area contributed by atoms with Gasteiger partial charge in [0.1, 0.15) is 5.75 Å². The minimum absolute atomic E-state index is 0.719. The Balaban J connectivity index is 1.57. The van der Waals surface area contributed by atoms with Crippen LogP contribution in [0.2, 0.25) is 0 Å². The number of piperazine rings is 1. The van der Waals surface area contributed by atoms with Gasteiger partial charge in [-0.1, -0.05) is 6.07 Å². The topological polar surface area (TPSA) is 58.6 Å². The molecule has 168 valence electrons. The van der Waals surface area contributed by atoms with Crippen molar-refractivity contribution in [2.45, 2.75) is 13.3 Å². The second-order valence-electron chi connectivity index (χ2n) is 7.35. The number of ether oxygens (including phenoxy) is 3. The number of nitrogens with one attached hydrogen (secondary N) is 1. The lowest BCUT2D eigenvalue weighted by molar-refractivity contribution is 0.354. The van der Waals surface area contributed by atoms with Crippen molar-refractivity contribution in [3.05, 3.63) is 48.0 Å². The molecule has 1 fully saturated rings. The van der Waals surface area contributed by atoms with Crippen LogP contribution in [0.25, 0.3) is 0 Å². The molecule has 7 heteroatoms. The highest BCUT2D eigenvalue weighted by Gasteiger charge is 2.19. The van der Waals surface area contributed by atoms with E-state index in [1.807, 2.05) is 24.3 Å². The molecule has 0 bridgehead atoms. The van der Waals surface area contributed by atoms with Gasteiger partial charge in [0.2, 0.25) is 0 Å². The first-order valence-electron chi connectivity index (χ1n) is 10.8. The van der Waals surface area contributed by atoms with Gasteiger partial charge in [-0.3, -0.25) is 4.99 Å². The van der Waals surface area contributed by atoms with Crippen molar-refractivity contribution in [1.29, 1.82) is 0 Å². The molecule has 1 heterocycles. The molecule has 0 unspecified atom stereocenters. The lowest BCUT2D eigenvalue weighted by Gasteiger charge is -2.37. The first kappa shape index (κ1) is 22.6. The van der Waals surface area contributed by atoms with Crippen LogP contribution in [0.1, 0.15) is 12.5 Å². The maximum Gasteiger partial charge on any atom is 0.194 e. The van der Waals surface area contributed by atoms with E-state index in [1.54, 1.807) is 21.3 Å². The predicted octanol–water partition coefficient (Wildman–Crippen LogP) is 3.04. The zero-order valence-corrected chi connectivity index (χ0v) is 19.1. The van der Waals surface area contributed by atoms with Crippen molar-refractivity contribution in [2.24, 2.45) is 4.99 Å². The van der Waals surface area contributed by atoms with Crippen molar-refractivity contribution in [2.75, 3.05) is 65.5 Å². The smallest absolute Gasteiger partial charge is 0.194 e. The molecule has 0 atom stereocenters. The number of anilines is 1. The maximum absolute atomic E-state index is 5.40. The predicted molar refractivity (Wildman–Crippen MR) is 126 cm³/mol. The highest BCUT2D eigenvalue weighted by molar-refractivity contribution is 5.80. The Hall–Kier alpha value is -3.09. The third kappa shape index (κ3) is 5.96. The second kappa shape index (κ2) is 11.3. The lowest BCUT2D eigenvalue weighted by atomic mass is 10.1. The molecule has 0 spiro atoms. The van der Waals surface area contributed by atoms with Crippen molar-refractivity contribution < 1.29 is 14.2 Å². The van der Waals surface area contributed by atoms with Crippen molar-refractivity contribution in [3.63, 3.8) is 0 Å². The van der Waals surface area contributed by atoms with E-state index in [0.29, 0.717) is 0 Å². The normalized spacial score (nSPS) is 14.4. The number of rotatable bonds is 8. The number of hydrogen-bond acceptors (Lipinski definition) is 5. The average molecular weight is 427 g/mol. The summed E-state index contributed by atoms with van der Waals surface area (Å²) < 4.78 is 16.0. The molecule has 2 aromatic carbocycles. The van der Waals surface area contributed by atoms with Crippen molar-refractivity contribution in [3.8, 4) is 17.2 Å². The number of aliphatic imine (C=N–C) groups is 1. The molecule has 0 aliphatic carbocycles. The summed E-state index contributed by atoms with van der Waals surface area (Å²) in [5.41, 5.74) is 2.41. The van der Waals surface area contributed by atoms with E-state index >= 15 is 0 Å². The summed E-state index contributed by atoms with van der Waals surface area (Å²) in [6.07, 6.45) is 0.848. The number of hydrogen-bond donors (Lipinski definition) is 1. The van der Waals surface area contributed by atoms with Crippen molar-refractivity contribution >= 4 is 11.6 Å². The Morgan fingerprint density at radius 1 is 0.903 bits per heavy atom. The van der Waals surface area contributed by atoms with E-state index in [2.05, 4.69) is 40.2 Å². The highest BCUT2D eigenvalue weighted by atomic mass is 16.5. The average Bonchev–Trinajstić information content (AvgIpc) is 2.83. The molecule has 3 rings (SSSR count). The molecule has 31 heavy (non-hydrogen) atoms. The molecule has 7 nitrogen and oxygen atoms in total. The van der Waals surface area contributed by atoms with Gasteiger partial charge in [0, 0.05) is 45.0 Å². The van der Waals surface area contributed by atoms with Gasteiger partial charge in [-0.25, -0.2) is 0 Å². The largest absolute Gasteiger partial charge is 0.497 e. The molecule has 1 aliphatic rings. The molecule has 0 amide bonds. The van der Waals surface area contributed by atoms with Gasteiger partial charge in [0.15, 0.2) is 17.5 Å². The van der Waals surface area contributed by atoms with Crippen LogP contribution in [-0.2, 0) is 6.42 Å². The monoisotopic (exact) mass is 426 g/mol. The number of methoxy groups -OCH3 is 3. The van der Waals surface area contributed by atoms with Gasteiger partial charge in [0.05, 0.1) is 21.3 Å². The maximum atomic E-state index is 5.40. The molecular formula is C24H34N4O3. The fourth-order valence-corrected chi connectivity index (χ4v) is 3.72. The van der Waals surface area contributed by atoms with Crippen molar-refractivity contribution in [1.82, 2.24) is 10.2 Å². The molecular weight excluding hydrogens is 392 g/mol. The van der Waals surface area contributed by atoms with Crippen LogP contribution in [0.5, 0.6) is 17.2 Å². The van der Waals surface area contributed by atoms with E-state index in [-0.39, 0.29) is 0 Å². The summed E-state index contributed by atoms with van der Waals surface area (Å²) >= 11 is 0. The second-order valence-corrected chi connectivity index (χ2v) is 7.35. The molecule has 1 saturated heterocycles.